The fourth-order valence-corrected chi connectivity index (χ4v) is 2.67. The number of hydrogen-bond donors (Lipinski definition) is 0. The van der Waals surface area contributed by atoms with Crippen LogP contribution < -0.4 is 14.7 Å². The lowest BCUT2D eigenvalue weighted by Gasteiger charge is -2.28. The highest BCUT2D eigenvalue weighted by Crippen LogP contribution is 2.20. The largest absolute Gasteiger partial charge is 0.361 e. The summed E-state index contributed by atoms with van der Waals surface area (Å²) in [7, 11) is 0. The Labute approximate surface area is 210 Å². The molecule has 0 bridgehead atoms. The summed E-state index contributed by atoms with van der Waals surface area (Å²) < 4.78 is 34.2. The summed E-state index contributed by atoms with van der Waals surface area (Å²) in [5.74, 6) is 1.26. The Bertz CT molecular complexity index is 580. The van der Waals surface area contributed by atoms with Gasteiger partial charge in [0.2, 0.25) is 17.8 Å². The van der Waals surface area contributed by atoms with Gasteiger partial charge in [-0.2, -0.15) is 15.0 Å². The van der Waals surface area contributed by atoms with Crippen LogP contribution in [0.25, 0.3) is 0 Å². The van der Waals surface area contributed by atoms with Crippen molar-refractivity contribution in [3.05, 3.63) is 0 Å². The summed E-state index contributed by atoms with van der Waals surface area (Å²) >= 11 is 0. The second-order valence-electron chi connectivity index (χ2n) is 7.42. The third-order valence-electron chi connectivity index (χ3n) is 4.44. The van der Waals surface area contributed by atoms with E-state index in [0.29, 0.717) is 57.5 Å². The molecule has 0 N–H and O–H groups in total. The highest BCUT2D eigenvalue weighted by Gasteiger charge is 2.21. The molecule has 0 saturated carbocycles. The smallest absolute Gasteiger partial charge is 0.235 e. The van der Waals surface area contributed by atoms with Gasteiger partial charge in [-0.15, -0.1) is 0 Å². The van der Waals surface area contributed by atoms with Crippen molar-refractivity contribution in [3.63, 3.8) is 0 Å². The number of rotatable bonds is 23. The number of anilines is 3. The van der Waals surface area contributed by atoms with Gasteiger partial charge in [0.25, 0.3) is 0 Å². The predicted octanol–water partition coefficient (Wildman–Crippen LogP) is 3.04. The maximum Gasteiger partial charge on any atom is 0.235 e. The first-order chi connectivity index (χ1) is 17.1. The zero-order valence-corrected chi connectivity index (χ0v) is 22.5. The van der Waals surface area contributed by atoms with Gasteiger partial charge in [0, 0.05) is 39.6 Å². The Morgan fingerprint density at radius 1 is 0.429 bits per heavy atom. The van der Waals surface area contributed by atoms with Crippen molar-refractivity contribution < 1.29 is 28.4 Å². The van der Waals surface area contributed by atoms with Crippen LogP contribution in [0.15, 0.2) is 0 Å². The van der Waals surface area contributed by atoms with E-state index in [-0.39, 0.29) is 40.4 Å². The number of nitrogens with zero attached hydrogens (tertiary/aromatic N) is 6. The maximum absolute atomic E-state index is 5.81. The quantitative estimate of drug-likeness (QED) is 0.162. The monoisotopic (exact) mass is 502 g/mol. The molecule has 1 heterocycles. The number of aromatic nitrogens is 3. The Morgan fingerprint density at radius 3 is 0.914 bits per heavy atom. The first kappa shape index (κ1) is 31.2. The van der Waals surface area contributed by atoms with E-state index in [1.54, 1.807) is 0 Å². The maximum atomic E-state index is 5.81. The molecule has 35 heavy (non-hydrogen) atoms. The first-order valence-corrected chi connectivity index (χ1v) is 12.6. The summed E-state index contributed by atoms with van der Waals surface area (Å²) in [6, 6.07) is 0. The molecule has 1 aromatic heterocycles. The van der Waals surface area contributed by atoms with Crippen LogP contribution in [-0.4, -0.2) is 95.0 Å². The van der Waals surface area contributed by atoms with Gasteiger partial charge in [0.15, 0.2) is 0 Å². The fourth-order valence-electron chi connectivity index (χ4n) is 2.67. The minimum absolute atomic E-state index is 0.273. The van der Waals surface area contributed by atoms with Gasteiger partial charge < -0.3 is 28.4 Å². The van der Waals surface area contributed by atoms with Gasteiger partial charge in [0.05, 0.1) is 0 Å². The molecule has 12 nitrogen and oxygen atoms in total. The topological polar surface area (TPSA) is 104 Å². The predicted molar refractivity (Wildman–Crippen MR) is 135 cm³/mol. The summed E-state index contributed by atoms with van der Waals surface area (Å²) in [4.78, 5) is 19.7. The van der Waals surface area contributed by atoms with E-state index in [4.69, 9.17) is 43.4 Å². The molecule has 0 fully saturated rings. The normalized spacial score (nSPS) is 11.1. The minimum atomic E-state index is 0.273. The molecular formula is C23H46N6O6. The Kier molecular flexibility index (Phi) is 18.2. The third kappa shape index (κ3) is 12.6. The van der Waals surface area contributed by atoms with E-state index in [2.05, 4.69) is 13.8 Å². The molecule has 1 rings (SSSR count). The highest BCUT2D eigenvalue weighted by molar-refractivity contribution is 5.45. The second kappa shape index (κ2) is 20.4. The van der Waals surface area contributed by atoms with E-state index >= 15 is 0 Å². The third-order valence-corrected chi connectivity index (χ3v) is 4.44. The molecule has 12 heteroatoms. The molecule has 0 atom stereocenters. The second-order valence-corrected chi connectivity index (χ2v) is 7.42. The van der Waals surface area contributed by atoms with Crippen molar-refractivity contribution in [1.29, 1.82) is 0 Å². The lowest BCUT2D eigenvalue weighted by atomic mass is 10.5. The van der Waals surface area contributed by atoms with Crippen molar-refractivity contribution in [1.82, 2.24) is 15.0 Å². The number of ether oxygens (including phenoxy) is 6. The van der Waals surface area contributed by atoms with Crippen LogP contribution in [0.4, 0.5) is 17.8 Å². The zero-order valence-electron chi connectivity index (χ0n) is 22.5. The van der Waals surface area contributed by atoms with Gasteiger partial charge in [0.1, 0.15) is 40.4 Å². The first-order valence-electron chi connectivity index (χ1n) is 12.6. The van der Waals surface area contributed by atoms with Gasteiger partial charge >= 0.3 is 0 Å². The summed E-state index contributed by atoms with van der Waals surface area (Å²) in [5.41, 5.74) is 0. The van der Waals surface area contributed by atoms with E-state index in [9.17, 15) is 0 Å². The highest BCUT2D eigenvalue weighted by atomic mass is 16.5. The van der Waals surface area contributed by atoms with Crippen LogP contribution in [-0.2, 0) is 28.4 Å². The van der Waals surface area contributed by atoms with Crippen molar-refractivity contribution in [2.75, 3.05) is 94.7 Å². The SMILES string of the molecule is CCCOCN(COCCC)c1nc(N(COCC)COCC)nc(N(COCC)COCC)n1. The standard InChI is InChI=1S/C23H46N6O6/c1-7-13-34-19-29(20-35-14-8-2)23-25-21(27(15-30-9-3)16-31-10-4)24-22(26-23)28(17-32-11-5)18-33-12-6/h7-20H2,1-6H3. The van der Waals surface area contributed by atoms with Crippen LogP contribution >= 0.6 is 0 Å². The molecule has 0 saturated heterocycles. The molecular weight excluding hydrogens is 456 g/mol. The van der Waals surface area contributed by atoms with E-state index in [1.807, 2.05) is 42.4 Å². The van der Waals surface area contributed by atoms with Gasteiger partial charge in [-0.05, 0) is 40.5 Å². The van der Waals surface area contributed by atoms with E-state index < -0.39 is 0 Å². The number of hydrogen-bond acceptors (Lipinski definition) is 12. The molecule has 0 aliphatic rings. The average molecular weight is 503 g/mol. The van der Waals surface area contributed by atoms with Crippen LogP contribution in [0.5, 0.6) is 0 Å². The van der Waals surface area contributed by atoms with E-state index in [1.165, 1.54) is 0 Å². The summed E-state index contributed by atoms with van der Waals surface area (Å²) in [6.45, 7) is 17.0. The van der Waals surface area contributed by atoms with Crippen molar-refractivity contribution in [3.8, 4) is 0 Å². The molecule has 0 amide bonds. The minimum Gasteiger partial charge on any atom is -0.361 e. The molecule has 0 spiro atoms. The molecule has 0 radical (unpaired) electrons. The van der Waals surface area contributed by atoms with Gasteiger partial charge in [-0.3, -0.25) is 14.7 Å². The van der Waals surface area contributed by atoms with Crippen LogP contribution in [0.2, 0.25) is 0 Å². The average Bonchev–Trinajstić information content (AvgIpc) is 2.88. The molecule has 0 aliphatic carbocycles. The zero-order chi connectivity index (χ0) is 25.7. The van der Waals surface area contributed by atoms with Crippen molar-refractivity contribution in [2.24, 2.45) is 0 Å². The lowest BCUT2D eigenvalue weighted by molar-refractivity contribution is 0.0833. The Morgan fingerprint density at radius 2 is 0.686 bits per heavy atom. The van der Waals surface area contributed by atoms with Crippen LogP contribution in [0.1, 0.15) is 54.4 Å². The molecule has 0 unspecified atom stereocenters. The van der Waals surface area contributed by atoms with Gasteiger partial charge in [-0.1, -0.05) is 13.8 Å². The van der Waals surface area contributed by atoms with E-state index in [0.717, 1.165) is 12.8 Å². The van der Waals surface area contributed by atoms with Crippen molar-refractivity contribution in [2.45, 2.75) is 54.4 Å². The van der Waals surface area contributed by atoms with Gasteiger partial charge in [-0.25, -0.2) is 0 Å². The Balaban J connectivity index is 3.43. The molecule has 0 aliphatic heterocycles. The van der Waals surface area contributed by atoms with Crippen molar-refractivity contribution >= 4 is 17.8 Å². The lowest BCUT2D eigenvalue weighted by Crippen LogP contribution is -2.37. The van der Waals surface area contributed by atoms with Crippen LogP contribution in [0, 0.1) is 0 Å². The fraction of sp³-hybridized carbons (Fsp3) is 0.870. The Hall–Kier alpha value is -1.83. The summed E-state index contributed by atoms with van der Waals surface area (Å²) in [5, 5.41) is 0. The summed E-state index contributed by atoms with van der Waals surface area (Å²) in [6.07, 6.45) is 1.81. The van der Waals surface area contributed by atoms with Crippen LogP contribution in [0.3, 0.4) is 0 Å². The molecule has 204 valence electrons. The molecule has 0 aromatic carbocycles. The molecule has 1 aromatic rings.